The molecule has 1 aliphatic rings. The van der Waals surface area contributed by atoms with Gasteiger partial charge in [0.15, 0.2) is 0 Å². The Bertz CT molecular complexity index is 734. The average molecular weight is 318 g/mol. The zero-order chi connectivity index (χ0) is 16.4. The van der Waals surface area contributed by atoms with Gasteiger partial charge in [0, 0.05) is 37.1 Å². The quantitative estimate of drug-likeness (QED) is 0.839. The first kappa shape index (κ1) is 15.0. The van der Waals surface area contributed by atoms with Crippen LogP contribution in [0.15, 0.2) is 30.6 Å². The Morgan fingerprint density at radius 3 is 2.83 bits per heavy atom. The standard InChI is InChI=1S/C15H15FN4O3/c1-23-14-12(19-11-7-20(8-11)15(21)22)4-10(6-18-14)9-2-3-17-13(16)5-9/h2-6,11,19H,7-8H2,1H3,(H,21,22). The molecule has 1 amide bonds. The van der Waals surface area contributed by atoms with Gasteiger partial charge in [-0.15, -0.1) is 0 Å². The summed E-state index contributed by atoms with van der Waals surface area (Å²) in [6.07, 6.45) is 2.04. The van der Waals surface area contributed by atoms with E-state index in [2.05, 4.69) is 15.3 Å². The number of pyridine rings is 2. The van der Waals surface area contributed by atoms with Gasteiger partial charge in [-0.1, -0.05) is 0 Å². The molecule has 0 aromatic carbocycles. The van der Waals surface area contributed by atoms with Crippen molar-refractivity contribution in [3.8, 4) is 17.0 Å². The van der Waals surface area contributed by atoms with Crippen LogP contribution < -0.4 is 10.1 Å². The number of carbonyl (C=O) groups is 1. The summed E-state index contributed by atoms with van der Waals surface area (Å²) >= 11 is 0. The minimum Gasteiger partial charge on any atom is -0.480 e. The number of likely N-dealkylation sites (tertiary alicyclic amines) is 1. The van der Waals surface area contributed by atoms with E-state index in [0.29, 0.717) is 35.8 Å². The molecule has 0 unspecified atom stereocenters. The Labute approximate surface area is 131 Å². The molecule has 1 fully saturated rings. The molecule has 120 valence electrons. The van der Waals surface area contributed by atoms with Gasteiger partial charge in [-0.2, -0.15) is 4.39 Å². The first-order chi connectivity index (χ1) is 11.1. The number of aromatic nitrogens is 2. The highest BCUT2D eigenvalue weighted by Crippen LogP contribution is 2.29. The van der Waals surface area contributed by atoms with E-state index >= 15 is 0 Å². The number of rotatable bonds is 4. The van der Waals surface area contributed by atoms with E-state index in [1.165, 1.54) is 24.3 Å². The van der Waals surface area contributed by atoms with E-state index < -0.39 is 12.0 Å². The summed E-state index contributed by atoms with van der Waals surface area (Å²) in [4.78, 5) is 19.8. The number of anilines is 1. The maximum atomic E-state index is 13.3. The predicted molar refractivity (Wildman–Crippen MR) is 81.0 cm³/mol. The Balaban J connectivity index is 1.81. The van der Waals surface area contributed by atoms with Crippen LogP contribution >= 0.6 is 0 Å². The Kier molecular flexibility index (Phi) is 3.96. The fourth-order valence-corrected chi connectivity index (χ4v) is 2.40. The first-order valence-electron chi connectivity index (χ1n) is 6.97. The molecule has 8 heteroatoms. The van der Waals surface area contributed by atoms with Gasteiger partial charge in [-0.05, 0) is 17.7 Å². The van der Waals surface area contributed by atoms with Crippen LogP contribution in [0.1, 0.15) is 0 Å². The Hall–Kier alpha value is -2.90. The van der Waals surface area contributed by atoms with Crippen molar-refractivity contribution in [3.63, 3.8) is 0 Å². The number of nitrogens with zero attached hydrogens (tertiary/aromatic N) is 3. The molecule has 0 saturated carbocycles. The second-order valence-corrected chi connectivity index (χ2v) is 5.18. The Morgan fingerprint density at radius 1 is 1.39 bits per heavy atom. The number of hydrogen-bond donors (Lipinski definition) is 2. The number of nitrogens with one attached hydrogen (secondary N) is 1. The molecule has 0 radical (unpaired) electrons. The van der Waals surface area contributed by atoms with E-state index in [0.717, 1.165) is 0 Å². The zero-order valence-corrected chi connectivity index (χ0v) is 12.4. The second-order valence-electron chi connectivity index (χ2n) is 5.18. The molecule has 0 aliphatic carbocycles. The van der Waals surface area contributed by atoms with Crippen molar-refractivity contribution in [2.24, 2.45) is 0 Å². The van der Waals surface area contributed by atoms with Gasteiger partial charge in [0.25, 0.3) is 0 Å². The lowest BCUT2D eigenvalue weighted by atomic mass is 10.1. The molecule has 2 aromatic heterocycles. The summed E-state index contributed by atoms with van der Waals surface area (Å²) in [5.74, 6) is -0.166. The van der Waals surface area contributed by atoms with Crippen LogP contribution in [0.5, 0.6) is 5.88 Å². The second kappa shape index (κ2) is 6.07. The van der Waals surface area contributed by atoms with Crippen LogP contribution in [0, 0.1) is 5.95 Å². The molecule has 2 N–H and O–H groups in total. The minimum absolute atomic E-state index is 0.00812. The summed E-state index contributed by atoms with van der Waals surface area (Å²) in [6, 6.07) is 4.80. The summed E-state index contributed by atoms with van der Waals surface area (Å²) in [5, 5.41) is 12.1. The highest BCUT2D eigenvalue weighted by Gasteiger charge is 2.31. The third kappa shape index (κ3) is 3.15. The van der Waals surface area contributed by atoms with E-state index in [4.69, 9.17) is 9.84 Å². The van der Waals surface area contributed by atoms with Crippen molar-refractivity contribution in [1.82, 2.24) is 14.9 Å². The topological polar surface area (TPSA) is 87.6 Å². The van der Waals surface area contributed by atoms with Crippen molar-refractivity contribution >= 4 is 11.8 Å². The predicted octanol–water partition coefficient (Wildman–Crippen LogP) is 2.07. The van der Waals surface area contributed by atoms with Gasteiger partial charge in [0.05, 0.1) is 18.8 Å². The maximum absolute atomic E-state index is 13.3. The first-order valence-corrected chi connectivity index (χ1v) is 6.97. The molecular formula is C15H15FN4O3. The number of carboxylic acid groups (broad SMARTS) is 1. The van der Waals surface area contributed by atoms with Crippen LogP contribution in [0.4, 0.5) is 14.9 Å². The van der Waals surface area contributed by atoms with Crippen molar-refractivity contribution in [1.29, 1.82) is 0 Å². The fourth-order valence-electron chi connectivity index (χ4n) is 2.40. The van der Waals surface area contributed by atoms with Gasteiger partial charge < -0.3 is 20.1 Å². The third-order valence-electron chi connectivity index (χ3n) is 3.62. The zero-order valence-electron chi connectivity index (χ0n) is 12.4. The molecule has 2 aromatic rings. The van der Waals surface area contributed by atoms with Crippen molar-refractivity contribution in [2.45, 2.75) is 6.04 Å². The number of methoxy groups -OCH3 is 1. The van der Waals surface area contributed by atoms with Crippen molar-refractivity contribution in [3.05, 3.63) is 36.5 Å². The van der Waals surface area contributed by atoms with E-state index in [1.54, 1.807) is 18.3 Å². The average Bonchev–Trinajstić information content (AvgIpc) is 2.49. The van der Waals surface area contributed by atoms with Gasteiger partial charge in [0.2, 0.25) is 11.8 Å². The van der Waals surface area contributed by atoms with Crippen molar-refractivity contribution < 1.29 is 19.0 Å². The van der Waals surface area contributed by atoms with Gasteiger partial charge in [0.1, 0.15) is 0 Å². The summed E-state index contributed by atoms with van der Waals surface area (Å²) in [7, 11) is 1.50. The molecule has 0 bridgehead atoms. The fraction of sp³-hybridized carbons (Fsp3) is 0.267. The third-order valence-corrected chi connectivity index (χ3v) is 3.62. The van der Waals surface area contributed by atoms with Gasteiger partial charge in [-0.3, -0.25) is 0 Å². The lowest BCUT2D eigenvalue weighted by molar-refractivity contribution is 0.111. The maximum Gasteiger partial charge on any atom is 0.407 e. The van der Waals surface area contributed by atoms with Crippen LogP contribution in [0.25, 0.3) is 11.1 Å². The summed E-state index contributed by atoms with van der Waals surface area (Å²) in [5.41, 5.74) is 2.00. The van der Waals surface area contributed by atoms with Crippen LogP contribution in [-0.2, 0) is 0 Å². The largest absolute Gasteiger partial charge is 0.480 e. The van der Waals surface area contributed by atoms with Crippen LogP contribution in [0.2, 0.25) is 0 Å². The summed E-state index contributed by atoms with van der Waals surface area (Å²) in [6.45, 7) is 0.791. The van der Waals surface area contributed by atoms with Crippen LogP contribution in [-0.4, -0.2) is 52.3 Å². The van der Waals surface area contributed by atoms with E-state index in [9.17, 15) is 9.18 Å². The molecule has 3 heterocycles. The molecule has 7 nitrogen and oxygen atoms in total. The molecule has 1 saturated heterocycles. The Morgan fingerprint density at radius 2 is 2.17 bits per heavy atom. The smallest absolute Gasteiger partial charge is 0.407 e. The van der Waals surface area contributed by atoms with E-state index in [-0.39, 0.29) is 6.04 Å². The molecule has 3 rings (SSSR count). The lowest BCUT2D eigenvalue weighted by Crippen LogP contribution is -2.56. The van der Waals surface area contributed by atoms with Gasteiger partial charge >= 0.3 is 6.09 Å². The molecule has 0 spiro atoms. The molecular weight excluding hydrogens is 303 g/mol. The van der Waals surface area contributed by atoms with E-state index in [1.807, 2.05) is 0 Å². The molecule has 0 atom stereocenters. The number of amides is 1. The van der Waals surface area contributed by atoms with Crippen LogP contribution in [0.3, 0.4) is 0 Å². The highest BCUT2D eigenvalue weighted by atomic mass is 19.1. The lowest BCUT2D eigenvalue weighted by Gasteiger charge is -2.38. The number of ether oxygens (including phenoxy) is 1. The minimum atomic E-state index is -0.936. The number of hydrogen-bond acceptors (Lipinski definition) is 5. The molecule has 1 aliphatic heterocycles. The number of halogens is 1. The van der Waals surface area contributed by atoms with Gasteiger partial charge in [-0.25, -0.2) is 14.8 Å². The molecule has 23 heavy (non-hydrogen) atoms. The monoisotopic (exact) mass is 318 g/mol. The summed E-state index contributed by atoms with van der Waals surface area (Å²) < 4.78 is 18.5. The normalized spacial score (nSPS) is 14.3. The SMILES string of the molecule is COc1ncc(-c2ccnc(F)c2)cc1NC1CN(C(=O)O)C1. The van der Waals surface area contributed by atoms with Crippen molar-refractivity contribution in [2.75, 3.05) is 25.5 Å². The highest BCUT2D eigenvalue weighted by molar-refractivity contribution is 5.70.